The highest BCUT2D eigenvalue weighted by Gasteiger charge is 2.13. The highest BCUT2D eigenvalue weighted by molar-refractivity contribution is 5.93. The quantitative estimate of drug-likeness (QED) is 0.0479. The van der Waals surface area contributed by atoms with E-state index in [9.17, 15) is 9.59 Å². The van der Waals surface area contributed by atoms with E-state index in [1.165, 1.54) is 283 Å². The minimum atomic E-state index is -0.312. The number of unbranched alkanes of at least 4 members (excludes halogenated alkanes) is 38. The zero-order valence-electron chi connectivity index (χ0n) is 47.6. The standard InChI is InChI=1S/C64H120N2O4/c1-5-9-13-17-21-25-29-33-37-41-53-65(54-42-38-34-30-26-22-18-14-10-6-2)57-45-47-59-69-63(67)61-49-51-62(52-50-61)64(68)70-60-48-46-58-66(55-43-39-35-31-27-23-19-15-11-7-3)56-44-40-36-32-28-24-20-16-12-8-4/h49-52H,5-48,53-60H2,1-4H3. The smallest absolute Gasteiger partial charge is 0.338 e. The molecule has 0 N–H and O–H groups in total. The molecule has 0 bridgehead atoms. The van der Waals surface area contributed by atoms with Gasteiger partial charge >= 0.3 is 11.9 Å². The number of esters is 2. The largest absolute Gasteiger partial charge is 0.462 e. The molecule has 0 aromatic heterocycles. The van der Waals surface area contributed by atoms with E-state index in [0.29, 0.717) is 24.3 Å². The normalized spacial score (nSPS) is 11.6. The van der Waals surface area contributed by atoms with Crippen LogP contribution in [0.3, 0.4) is 0 Å². The number of ether oxygens (including phenoxy) is 2. The average molecular weight is 982 g/mol. The topological polar surface area (TPSA) is 59.1 Å². The molecule has 1 aromatic carbocycles. The molecule has 0 unspecified atom stereocenters. The maximum absolute atomic E-state index is 12.9. The van der Waals surface area contributed by atoms with Gasteiger partial charge < -0.3 is 19.3 Å². The van der Waals surface area contributed by atoms with Gasteiger partial charge in [-0.15, -0.1) is 0 Å². The fraction of sp³-hybridized carbons (Fsp3) is 0.875. The van der Waals surface area contributed by atoms with Crippen LogP contribution in [0, 0.1) is 0 Å². The highest BCUT2D eigenvalue weighted by atomic mass is 16.5. The Morgan fingerprint density at radius 3 is 0.643 bits per heavy atom. The van der Waals surface area contributed by atoms with E-state index in [0.717, 1.165) is 38.8 Å². The van der Waals surface area contributed by atoms with Crippen LogP contribution in [0.15, 0.2) is 24.3 Å². The van der Waals surface area contributed by atoms with Gasteiger partial charge in [-0.25, -0.2) is 9.59 Å². The number of hydrogen-bond acceptors (Lipinski definition) is 6. The first-order valence-electron chi connectivity index (χ1n) is 31.4. The Hall–Kier alpha value is -1.92. The summed E-state index contributed by atoms with van der Waals surface area (Å²) >= 11 is 0. The van der Waals surface area contributed by atoms with Crippen LogP contribution >= 0.6 is 0 Å². The molecule has 0 spiro atoms. The third kappa shape index (κ3) is 43.6. The van der Waals surface area contributed by atoms with Crippen LogP contribution in [-0.4, -0.2) is 74.2 Å². The number of carbonyl (C=O) groups is 2. The molecule has 6 nitrogen and oxygen atoms in total. The van der Waals surface area contributed by atoms with Gasteiger partial charge in [0.2, 0.25) is 0 Å². The van der Waals surface area contributed by atoms with E-state index in [-0.39, 0.29) is 11.9 Å². The van der Waals surface area contributed by atoms with E-state index >= 15 is 0 Å². The first-order chi connectivity index (χ1) is 34.5. The molecule has 0 fully saturated rings. The molecule has 0 radical (unpaired) electrons. The number of nitrogens with zero attached hydrogens (tertiary/aromatic N) is 2. The van der Waals surface area contributed by atoms with E-state index < -0.39 is 0 Å². The summed E-state index contributed by atoms with van der Waals surface area (Å²) in [5.41, 5.74) is 0.981. The van der Waals surface area contributed by atoms with Gasteiger partial charge in [-0.2, -0.15) is 0 Å². The molecule has 0 heterocycles. The summed E-state index contributed by atoms with van der Waals surface area (Å²) in [4.78, 5) is 31.2. The molecule has 0 aliphatic carbocycles. The molecule has 1 rings (SSSR count). The lowest BCUT2D eigenvalue weighted by molar-refractivity contribution is 0.0480. The number of hydrogen-bond donors (Lipinski definition) is 0. The van der Waals surface area contributed by atoms with Crippen LogP contribution in [0.1, 0.15) is 331 Å². The molecular weight excluding hydrogens is 861 g/mol. The Morgan fingerprint density at radius 2 is 0.443 bits per heavy atom. The van der Waals surface area contributed by atoms with Crippen molar-refractivity contribution in [3.8, 4) is 0 Å². The van der Waals surface area contributed by atoms with Gasteiger partial charge in [0.15, 0.2) is 0 Å². The van der Waals surface area contributed by atoms with Crippen molar-refractivity contribution < 1.29 is 19.1 Å². The first kappa shape index (κ1) is 66.1. The zero-order valence-corrected chi connectivity index (χ0v) is 47.6. The van der Waals surface area contributed by atoms with Crippen molar-refractivity contribution in [3.63, 3.8) is 0 Å². The molecule has 0 saturated heterocycles. The second-order valence-electron chi connectivity index (χ2n) is 21.7. The SMILES string of the molecule is CCCCCCCCCCCCN(CCCCCCCCCCCC)CCCCOC(=O)c1ccc(C(=O)OCCCCN(CCCCCCCCCCCC)CCCCCCCCCCCC)cc1. The van der Waals surface area contributed by atoms with Crippen molar-refractivity contribution in [2.75, 3.05) is 52.5 Å². The predicted octanol–water partition coefficient (Wildman–Crippen LogP) is 19.8. The Balaban J connectivity index is 2.41. The molecule has 0 saturated carbocycles. The number of carbonyl (C=O) groups excluding carboxylic acids is 2. The minimum Gasteiger partial charge on any atom is -0.462 e. The Kier molecular flexibility index (Phi) is 50.4. The predicted molar refractivity (Wildman–Crippen MR) is 306 cm³/mol. The fourth-order valence-electron chi connectivity index (χ4n) is 10.1. The van der Waals surface area contributed by atoms with Crippen LogP contribution < -0.4 is 0 Å². The lowest BCUT2D eigenvalue weighted by Crippen LogP contribution is -2.27. The van der Waals surface area contributed by atoms with E-state index in [4.69, 9.17) is 9.47 Å². The summed E-state index contributed by atoms with van der Waals surface area (Å²) in [5.74, 6) is -0.625. The summed E-state index contributed by atoms with van der Waals surface area (Å²) in [6, 6.07) is 6.83. The highest BCUT2D eigenvalue weighted by Crippen LogP contribution is 2.17. The van der Waals surface area contributed by atoms with Crippen molar-refractivity contribution >= 4 is 11.9 Å². The van der Waals surface area contributed by atoms with Crippen LogP contribution in [0.25, 0.3) is 0 Å². The summed E-state index contributed by atoms with van der Waals surface area (Å²) in [6.07, 6.45) is 58.9. The zero-order chi connectivity index (χ0) is 50.5. The fourth-order valence-corrected chi connectivity index (χ4v) is 10.1. The summed E-state index contributed by atoms with van der Waals surface area (Å²) in [7, 11) is 0. The summed E-state index contributed by atoms with van der Waals surface area (Å²) in [6.45, 7) is 17.0. The molecular formula is C64H120N2O4. The average Bonchev–Trinajstić information content (AvgIpc) is 3.37. The van der Waals surface area contributed by atoms with Gasteiger partial charge in [-0.05, 0) is 115 Å². The molecule has 0 amide bonds. The van der Waals surface area contributed by atoms with E-state index in [2.05, 4.69) is 37.5 Å². The lowest BCUT2D eigenvalue weighted by Gasteiger charge is -2.22. The van der Waals surface area contributed by atoms with Gasteiger partial charge in [0.05, 0.1) is 24.3 Å². The Labute approximate surface area is 437 Å². The van der Waals surface area contributed by atoms with Gasteiger partial charge in [-0.3, -0.25) is 0 Å². The number of rotatable bonds is 56. The molecule has 0 aliphatic rings. The van der Waals surface area contributed by atoms with Gasteiger partial charge in [0, 0.05) is 0 Å². The third-order valence-electron chi connectivity index (χ3n) is 14.9. The third-order valence-corrected chi connectivity index (χ3v) is 14.9. The minimum absolute atomic E-state index is 0.312. The van der Waals surface area contributed by atoms with Crippen LogP contribution in [0.5, 0.6) is 0 Å². The van der Waals surface area contributed by atoms with Gasteiger partial charge in [-0.1, -0.05) is 259 Å². The second kappa shape index (κ2) is 53.4. The van der Waals surface area contributed by atoms with E-state index in [1.807, 2.05) is 0 Å². The number of benzene rings is 1. The summed E-state index contributed by atoms with van der Waals surface area (Å²) < 4.78 is 11.4. The van der Waals surface area contributed by atoms with Crippen molar-refractivity contribution in [1.82, 2.24) is 9.80 Å². The molecule has 70 heavy (non-hydrogen) atoms. The Bertz CT molecular complexity index is 1080. The molecule has 0 atom stereocenters. The van der Waals surface area contributed by atoms with Gasteiger partial charge in [0.1, 0.15) is 0 Å². The van der Waals surface area contributed by atoms with Crippen molar-refractivity contribution in [3.05, 3.63) is 35.4 Å². The van der Waals surface area contributed by atoms with Crippen LogP contribution in [0.4, 0.5) is 0 Å². The van der Waals surface area contributed by atoms with Crippen LogP contribution in [-0.2, 0) is 9.47 Å². The molecule has 0 aliphatic heterocycles. The molecule has 410 valence electrons. The Morgan fingerprint density at radius 1 is 0.271 bits per heavy atom. The lowest BCUT2D eigenvalue weighted by atomic mass is 10.1. The van der Waals surface area contributed by atoms with E-state index in [1.54, 1.807) is 24.3 Å². The maximum atomic E-state index is 12.9. The van der Waals surface area contributed by atoms with Crippen molar-refractivity contribution in [1.29, 1.82) is 0 Å². The molecule has 1 aromatic rings. The van der Waals surface area contributed by atoms with Crippen molar-refractivity contribution in [2.24, 2.45) is 0 Å². The monoisotopic (exact) mass is 981 g/mol. The molecule has 6 heteroatoms. The first-order valence-corrected chi connectivity index (χ1v) is 31.4. The van der Waals surface area contributed by atoms with Gasteiger partial charge in [0.25, 0.3) is 0 Å². The van der Waals surface area contributed by atoms with Crippen molar-refractivity contribution in [2.45, 2.75) is 310 Å². The summed E-state index contributed by atoms with van der Waals surface area (Å²) in [5, 5.41) is 0. The second-order valence-corrected chi connectivity index (χ2v) is 21.7. The maximum Gasteiger partial charge on any atom is 0.338 e. The van der Waals surface area contributed by atoms with Crippen LogP contribution in [0.2, 0.25) is 0 Å².